The molecule has 1 aliphatic heterocycles. The van der Waals surface area contributed by atoms with Gasteiger partial charge in [0.1, 0.15) is 0 Å². The van der Waals surface area contributed by atoms with E-state index < -0.39 is 5.60 Å². The van der Waals surface area contributed by atoms with Gasteiger partial charge in [0.25, 0.3) is 0 Å². The van der Waals surface area contributed by atoms with Gasteiger partial charge in [0, 0.05) is 19.1 Å². The summed E-state index contributed by atoms with van der Waals surface area (Å²) in [7, 11) is 2.11. The highest BCUT2D eigenvalue weighted by molar-refractivity contribution is 4.88. The van der Waals surface area contributed by atoms with Crippen LogP contribution in [0.3, 0.4) is 0 Å². The Morgan fingerprint density at radius 3 is 2.57 bits per heavy atom. The van der Waals surface area contributed by atoms with Gasteiger partial charge in [-0.2, -0.15) is 0 Å². The summed E-state index contributed by atoms with van der Waals surface area (Å²) in [4.78, 5) is 2.29. The van der Waals surface area contributed by atoms with Crippen molar-refractivity contribution in [3.63, 3.8) is 0 Å². The molecule has 0 amide bonds. The molecule has 14 heavy (non-hydrogen) atoms. The van der Waals surface area contributed by atoms with Crippen molar-refractivity contribution < 1.29 is 5.11 Å². The van der Waals surface area contributed by atoms with E-state index in [-0.39, 0.29) is 0 Å². The molecule has 0 saturated carbocycles. The van der Waals surface area contributed by atoms with E-state index in [0.29, 0.717) is 6.04 Å². The van der Waals surface area contributed by atoms with E-state index in [1.165, 1.54) is 6.42 Å². The summed E-state index contributed by atoms with van der Waals surface area (Å²) in [6, 6.07) is 0.589. The summed E-state index contributed by atoms with van der Waals surface area (Å²) in [5.41, 5.74) is -0.588. The van der Waals surface area contributed by atoms with Crippen molar-refractivity contribution >= 4 is 0 Å². The zero-order chi connectivity index (χ0) is 10.8. The highest BCUT2D eigenvalue weighted by atomic mass is 16.3. The minimum absolute atomic E-state index is 0.588. The molecule has 1 rings (SSSR count). The molecule has 2 N–H and O–H groups in total. The third kappa shape index (κ3) is 3.23. The van der Waals surface area contributed by atoms with Crippen molar-refractivity contribution in [2.75, 3.05) is 26.7 Å². The van der Waals surface area contributed by atoms with Gasteiger partial charge in [-0.15, -0.1) is 0 Å². The van der Waals surface area contributed by atoms with Gasteiger partial charge in [0.15, 0.2) is 0 Å². The topological polar surface area (TPSA) is 35.5 Å². The predicted octanol–water partition coefficient (Wildman–Crippen LogP) is 0.687. The lowest BCUT2D eigenvalue weighted by Crippen LogP contribution is -2.45. The maximum absolute atomic E-state index is 9.75. The maximum atomic E-state index is 9.75. The van der Waals surface area contributed by atoms with Crippen LogP contribution in [0.5, 0.6) is 0 Å². The molecule has 2 unspecified atom stereocenters. The van der Waals surface area contributed by atoms with Crippen LogP contribution in [-0.2, 0) is 0 Å². The second-order valence-electron chi connectivity index (χ2n) is 5.12. The molecule has 84 valence electrons. The van der Waals surface area contributed by atoms with E-state index in [1.807, 2.05) is 13.8 Å². The molecule has 0 aliphatic carbocycles. The Morgan fingerprint density at radius 1 is 1.43 bits per heavy atom. The number of nitrogens with zero attached hydrogens (tertiary/aromatic N) is 1. The van der Waals surface area contributed by atoms with Gasteiger partial charge in [0.05, 0.1) is 5.60 Å². The van der Waals surface area contributed by atoms with Crippen molar-refractivity contribution in [2.45, 2.75) is 38.8 Å². The van der Waals surface area contributed by atoms with Crippen LogP contribution in [0, 0.1) is 5.92 Å². The van der Waals surface area contributed by atoms with Crippen LogP contribution in [0.2, 0.25) is 0 Å². The highest BCUT2D eigenvalue weighted by Crippen LogP contribution is 2.19. The minimum Gasteiger partial charge on any atom is -0.389 e. The third-order valence-electron chi connectivity index (χ3n) is 3.03. The van der Waals surface area contributed by atoms with E-state index in [1.54, 1.807) is 0 Å². The van der Waals surface area contributed by atoms with Crippen LogP contribution in [0.15, 0.2) is 0 Å². The fourth-order valence-electron chi connectivity index (χ4n) is 2.38. The third-order valence-corrected chi connectivity index (χ3v) is 3.03. The number of hydrogen-bond donors (Lipinski definition) is 2. The van der Waals surface area contributed by atoms with Crippen molar-refractivity contribution in [2.24, 2.45) is 5.92 Å². The van der Waals surface area contributed by atoms with Gasteiger partial charge in [-0.1, -0.05) is 13.3 Å². The van der Waals surface area contributed by atoms with E-state index in [9.17, 15) is 5.11 Å². The molecule has 1 fully saturated rings. The van der Waals surface area contributed by atoms with Crippen molar-refractivity contribution in [1.29, 1.82) is 0 Å². The fourth-order valence-corrected chi connectivity index (χ4v) is 2.38. The molecule has 1 saturated heterocycles. The summed E-state index contributed by atoms with van der Waals surface area (Å²) >= 11 is 0. The molecule has 1 heterocycles. The summed E-state index contributed by atoms with van der Waals surface area (Å²) in [6.45, 7) is 8.90. The summed E-state index contributed by atoms with van der Waals surface area (Å²) in [6.07, 6.45) is 1.22. The number of aliphatic hydroxyl groups is 1. The van der Waals surface area contributed by atoms with Crippen LogP contribution in [-0.4, -0.2) is 48.3 Å². The second kappa shape index (κ2) is 4.60. The fraction of sp³-hybridized carbons (Fsp3) is 1.00. The Bertz CT molecular complexity index is 177. The largest absolute Gasteiger partial charge is 0.389 e. The van der Waals surface area contributed by atoms with Gasteiger partial charge in [-0.05, 0) is 33.4 Å². The summed E-state index contributed by atoms with van der Waals surface area (Å²) in [5.74, 6) is 0.738. The zero-order valence-electron chi connectivity index (χ0n) is 9.88. The number of hydrogen-bond acceptors (Lipinski definition) is 3. The van der Waals surface area contributed by atoms with Gasteiger partial charge in [0.2, 0.25) is 0 Å². The van der Waals surface area contributed by atoms with Gasteiger partial charge in [-0.3, -0.25) is 4.90 Å². The number of likely N-dealkylation sites (N-methyl/N-ethyl adjacent to an activating group) is 1. The van der Waals surface area contributed by atoms with Gasteiger partial charge < -0.3 is 10.4 Å². The summed E-state index contributed by atoms with van der Waals surface area (Å²) in [5, 5.41) is 13.2. The molecule has 3 heteroatoms. The lowest BCUT2D eigenvalue weighted by atomic mass is 9.98. The molecule has 0 bridgehead atoms. The van der Waals surface area contributed by atoms with Crippen LogP contribution < -0.4 is 5.32 Å². The van der Waals surface area contributed by atoms with Crippen LogP contribution in [0.25, 0.3) is 0 Å². The average molecular weight is 200 g/mol. The molecule has 0 aromatic rings. The van der Waals surface area contributed by atoms with E-state index in [2.05, 4.69) is 24.2 Å². The molecular formula is C11H24N2O. The van der Waals surface area contributed by atoms with E-state index in [4.69, 9.17) is 0 Å². The predicted molar refractivity (Wildman–Crippen MR) is 59.4 cm³/mol. The van der Waals surface area contributed by atoms with E-state index >= 15 is 0 Å². The molecule has 0 spiro atoms. The minimum atomic E-state index is -0.588. The maximum Gasteiger partial charge on any atom is 0.0718 e. The number of nitrogens with one attached hydrogen (secondary N) is 1. The Morgan fingerprint density at radius 2 is 2.07 bits per heavy atom. The molecular weight excluding hydrogens is 176 g/mol. The molecule has 1 aliphatic rings. The first kappa shape index (κ1) is 12.0. The zero-order valence-corrected chi connectivity index (χ0v) is 9.88. The van der Waals surface area contributed by atoms with Crippen molar-refractivity contribution in [3.8, 4) is 0 Å². The molecule has 0 aromatic heterocycles. The average Bonchev–Trinajstić information content (AvgIpc) is 2.47. The normalized spacial score (nSPS) is 28.7. The van der Waals surface area contributed by atoms with Crippen LogP contribution >= 0.6 is 0 Å². The van der Waals surface area contributed by atoms with Crippen LogP contribution in [0.1, 0.15) is 27.2 Å². The van der Waals surface area contributed by atoms with Gasteiger partial charge in [-0.25, -0.2) is 0 Å². The first-order chi connectivity index (χ1) is 6.44. The Hall–Kier alpha value is -0.120. The standard InChI is InChI=1S/C11H24N2O/c1-5-9-6-12-7-10(9)13(4)8-11(2,3)14/h9-10,12,14H,5-8H2,1-4H3. The molecule has 0 aromatic carbocycles. The number of rotatable bonds is 4. The van der Waals surface area contributed by atoms with E-state index in [0.717, 1.165) is 25.6 Å². The van der Waals surface area contributed by atoms with Crippen LogP contribution in [0.4, 0.5) is 0 Å². The highest BCUT2D eigenvalue weighted by Gasteiger charge is 2.30. The lowest BCUT2D eigenvalue weighted by molar-refractivity contribution is 0.0275. The first-order valence-corrected chi connectivity index (χ1v) is 5.57. The van der Waals surface area contributed by atoms with Crippen molar-refractivity contribution in [1.82, 2.24) is 10.2 Å². The summed E-state index contributed by atoms with van der Waals surface area (Å²) < 4.78 is 0. The Kier molecular flexibility index (Phi) is 3.93. The van der Waals surface area contributed by atoms with Gasteiger partial charge >= 0.3 is 0 Å². The molecule has 0 radical (unpaired) electrons. The lowest BCUT2D eigenvalue weighted by Gasteiger charge is -2.32. The quantitative estimate of drug-likeness (QED) is 0.701. The Labute approximate surface area is 87.5 Å². The molecule has 3 nitrogen and oxygen atoms in total. The molecule has 2 atom stereocenters. The monoisotopic (exact) mass is 200 g/mol. The SMILES string of the molecule is CCC1CNCC1N(C)CC(C)(C)O. The first-order valence-electron chi connectivity index (χ1n) is 5.57. The Balaban J connectivity index is 2.47. The smallest absolute Gasteiger partial charge is 0.0718 e. The second-order valence-corrected chi connectivity index (χ2v) is 5.12. The van der Waals surface area contributed by atoms with Crippen molar-refractivity contribution in [3.05, 3.63) is 0 Å².